The van der Waals surface area contributed by atoms with Gasteiger partial charge in [-0.15, -0.1) is 5.92 Å². The minimum Gasteiger partial charge on any atom is -0.299 e. The highest BCUT2D eigenvalue weighted by Gasteiger charge is 2.13. The van der Waals surface area contributed by atoms with Crippen LogP contribution in [-0.4, -0.2) is 11.5 Å². The number of nitrogens with zero attached hydrogens (tertiary/aromatic N) is 1. The van der Waals surface area contributed by atoms with E-state index in [1.165, 1.54) is 5.56 Å². The molecular formula is C13H18N2. The predicted octanol–water partition coefficient (Wildman–Crippen LogP) is 2.39. The summed E-state index contributed by atoms with van der Waals surface area (Å²) in [6.07, 6.45) is 3.71. The molecule has 0 radical (unpaired) electrons. The van der Waals surface area contributed by atoms with Crippen molar-refractivity contribution >= 4 is 0 Å². The van der Waals surface area contributed by atoms with E-state index in [4.69, 9.17) is 0 Å². The molecule has 1 unspecified atom stereocenters. The Balaban J connectivity index is 2.69. The second-order valence-electron chi connectivity index (χ2n) is 3.82. The molecule has 0 saturated heterocycles. The maximum atomic E-state index is 4.14. The lowest BCUT2D eigenvalue weighted by molar-refractivity contribution is 0.430. The number of hydrogen-bond acceptors (Lipinski definition) is 2. The normalized spacial score (nSPS) is 12.0. The van der Waals surface area contributed by atoms with E-state index >= 15 is 0 Å². The lowest BCUT2D eigenvalue weighted by Gasteiger charge is -2.21. The Morgan fingerprint density at radius 1 is 1.47 bits per heavy atom. The van der Waals surface area contributed by atoms with E-state index in [9.17, 15) is 0 Å². The monoisotopic (exact) mass is 202 g/mol. The first-order valence-corrected chi connectivity index (χ1v) is 5.28. The fourth-order valence-corrected chi connectivity index (χ4v) is 1.55. The van der Waals surface area contributed by atoms with E-state index in [-0.39, 0.29) is 0 Å². The summed E-state index contributed by atoms with van der Waals surface area (Å²) in [5.41, 5.74) is 1.23. The highest BCUT2D eigenvalue weighted by molar-refractivity contribution is 5.15. The van der Waals surface area contributed by atoms with Crippen LogP contribution < -0.4 is 5.32 Å². The summed E-state index contributed by atoms with van der Waals surface area (Å²) in [6.45, 7) is 6.98. The van der Waals surface area contributed by atoms with Crippen molar-refractivity contribution in [1.29, 1.82) is 0 Å². The van der Waals surface area contributed by atoms with Crippen molar-refractivity contribution in [3.63, 3.8) is 0 Å². The van der Waals surface area contributed by atoms with Gasteiger partial charge in [0.2, 0.25) is 0 Å². The Labute approximate surface area is 92.1 Å². The SMILES string of the molecule is CC#CCNC(c1cccnc1)C(C)C. The highest BCUT2D eigenvalue weighted by atomic mass is 14.9. The van der Waals surface area contributed by atoms with E-state index in [1.807, 2.05) is 19.2 Å². The predicted molar refractivity (Wildman–Crippen MR) is 63.3 cm³/mol. The van der Waals surface area contributed by atoms with E-state index in [2.05, 4.69) is 42.1 Å². The third-order valence-electron chi connectivity index (χ3n) is 2.30. The van der Waals surface area contributed by atoms with Crippen molar-refractivity contribution in [1.82, 2.24) is 10.3 Å². The molecule has 1 rings (SSSR count). The number of rotatable bonds is 4. The molecule has 1 aromatic heterocycles. The molecule has 0 amide bonds. The lowest BCUT2D eigenvalue weighted by atomic mass is 9.97. The van der Waals surface area contributed by atoms with Gasteiger partial charge in [-0.2, -0.15) is 0 Å². The van der Waals surface area contributed by atoms with Gasteiger partial charge in [0.15, 0.2) is 0 Å². The van der Waals surface area contributed by atoms with Gasteiger partial charge in [0.05, 0.1) is 6.54 Å². The van der Waals surface area contributed by atoms with Crippen LogP contribution in [0, 0.1) is 17.8 Å². The van der Waals surface area contributed by atoms with Crippen LogP contribution in [0.5, 0.6) is 0 Å². The van der Waals surface area contributed by atoms with Gasteiger partial charge in [0.1, 0.15) is 0 Å². The Bertz CT molecular complexity index is 333. The molecule has 2 heteroatoms. The minimum atomic E-state index is 0.333. The summed E-state index contributed by atoms with van der Waals surface area (Å²) in [5.74, 6) is 6.44. The summed E-state index contributed by atoms with van der Waals surface area (Å²) >= 11 is 0. The summed E-state index contributed by atoms with van der Waals surface area (Å²) in [4.78, 5) is 4.14. The van der Waals surface area contributed by atoms with Crippen LogP contribution in [0.4, 0.5) is 0 Å². The zero-order valence-electron chi connectivity index (χ0n) is 9.62. The first-order valence-electron chi connectivity index (χ1n) is 5.28. The van der Waals surface area contributed by atoms with Gasteiger partial charge in [-0.3, -0.25) is 10.3 Å². The van der Waals surface area contributed by atoms with Crippen LogP contribution in [-0.2, 0) is 0 Å². The summed E-state index contributed by atoms with van der Waals surface area (Å²) < 4.78 is 0. The molecule has 0 aliphatic heterocycles. The highest BCUT2D eigenvalue weighted by Crippen LogP contribution is 2.19. The maximum absolute atomic E-state index is 4.14. The number of pyridine rings is 1. The summed E-state index contributed by atoms with van der Waals surface area (Å²) in [7, 11) is 0. The molecule has 1 aromatic rings. The Hall–Kier alpha value is -1.33. The molecule has 1 N–H and O–H groups in total. The van der Waals surface area contributed by atoms with Crippen LogP contribution in [0.2, 0.25) is 0 Å². The molecule has 0 spiro atoms. The smallest absolute Gasteiger partial charge is 0.0581 e. The lowest BCUT2D eigenvalue weighted by Crippen LogP contribution is -2.26. The average Bonchev–Trinajstić information content (AvgIpc) is 2.25. The fourth-order valence-electron chi connectivity index (χ4n) is 1.55. The fraction of sp³-hybridized carbons (Fsp3) is 0.462. The Kier molecular flexibility index (Phi) is 4.86. The van der Waals surface area contributed by atoms with Gasteiger partial charge in [0.25, 0.3) is 0 Å². The molecule has 2 nitrogen and oxygen atoms in total. The molecule has 15 heavy (non-hydrogen) atoms. The van der Waals surface area contributed by atoms with Gasteiger partial charge in [-0.25, -0.2) is 0 Å². The molecule has 0 saturated carbocycles. The molecule has 0 aromatic carbocycles. The Morgan fingerprint density at radius 3 is 2.80 bits per heavy atom. The van der Waals surface area contributed by atoms with Crippen LogP contribution in [0.25, 0.3) is 0 Å². The van der Waals surface area contributed by atoms with Crippen molar-refractivity contribution in [2.75, 3.05) is 6.54 Å². The first kappa shape index (κ1) is 11.7. The Morgan fingerprint density at radius 2 is 2.27 bits per heavy atom. The molecular weight excluding hydrogens is 184 g/mol. The molecule has 1 atom stereocenters. The van der Waals surface area contributed by atoms with E-state index in [0.717, 1.165) is 6.54 Å². The van der Waals surface area contributed by atoms with Gasteiger partial charge in [-0.05, 0) is 24.5 Å². The molecule has 0 fully saturated rings. The first-order chi connectivity index (χ1) is 7.25. The third kappa shape index (κ3) is 3.73. The summed E-state index contributed by atoms with van der Waals surface area (Å²) in [5, 5.41) is 3.42. The van der Waals surface area contributed by atoms with Gasteiger partial charge >= 0.3 is 0 Å². The standard InChI is InChI=1S/C13H18N2/c1-4-5-9-15-13(11(2)3)12-7-6-8-14-10-12/h6-8,10-11,13,15H,9H2,1-3H3. The van der Waals surface area contributed by atoms with Gasteiger partial charge < -0.3 is 0 Å². The largest absolute Gasteiger partial charge is 0.299 e. The molecule has 80 valence electrons. The maximum Gasteiger partial charge on any atom is 0.0581 e. The number of aromatic nitrogens is 1. The van der Waals surface area contributed by atoms with Crippen molar-refractivity contribution in [3.05, 3.63) is 30.1 Å². The topological polar surface area (TPSA) is 24.9 Å². The third-order valence-corrected chi connectivity index (χ3v) is 2.30. The minimum absolute atomic E-state index is 0.333. The molecule has 1 heterocycles. The molecule has 0 aliphatic rings. The quantitative estimate of drug-likeness (QED) is 0.758. The second-order valence-corrected chi connectivity index (χ2v) is 3.82. The van der Waals surface area contributed by atoms with Crippen LogP contribution in [0.1, 0.15) is 32.4 Å². The van der Waals surface area contributed by atoms with Crippen LogP contribution in [0.3, 0.4) is 0 Å². The van der Waals surface area contributed by atoms with E-state index in [1.54, 1.807) is 6.20 Å². The van der Waals surface area contributed by atoms with E-state index < -0.39 is 0 Å². The van der Waals surface area contributed by atoms with Crippen LogP contribution in [0.15, 0.2) is 24.5 Å². The molecule has 0 bridgehead atoms. The van der Waals surface area contributed by atoms with Gasteiger partial charge in [0, 0.05) is 18.4 Å². The van der Waals surface area contributed by atoms with Crippen molar-refractivity contribution < 1.29 is 0 Å². The number of nitrogens with one attached hydrogen (secondary N) is 1. The second kappa shape index (κ2) is 6.21. The average molecular weight is 202 g/mol. The van der Waals surface area contributed by atoms with Crippen LogP contribution >= 0.6 is 0 Å². The van der Waals surface area contributed by atoms with Crippen molar-refractivity contribution in [3.8, 4) is 11.8 Å². The molecule has 0 aliphatic carbocycles. The zero-order chi connectivity index (χ0) is 11.1. The summed E-state index contributed by atoms with van der Waals surface area (Å²) in [6, 6.07) is 4.40. The zero-order valence-corrected chi connectivity index (χ0v) is 9.62. The number of hydrogen-bond donors (Lipinski definition) is 1. The van der Waals surface area contributed by atoms with E-state index in [0.29, 0.717) is 12.0 Å². The van der Waals surface area contributed by atoms with Gasteiger partial charge in [-0.1, -0.05) is 25.8 Å². The van der Waals surface area contributed by atoms with Crippen molar-refractivity contribution in [2.45, 2.75) is 26.8 Å². The van der Waals surface area contributed by atoms with Crippen molar-refractivity contribution in [2.24, 2.45) is 5.92 Å².